The predicted octanol–water partition coefficient (Wildman–Crippen LogP) is 11.6. The monoisotopic (exact) mass is 560 g/mol. The fourth-order valence-electron chi connectivity index (χ4n) is 5.13. The van der Waals surface area contributed by atoms with Gasteiger partial charge in [-0.25, -0.2) is 0 Å². The molecule has 42 heavy (non-hydrogen) atoms. The first-order valence-corrected chi connectivity index (χ1v) is 12.3. The lowest BCUT2D eigenvalue weighted by Gasteiger charge is -2.17. The van der Waals surface area contributed by atoms with Crippen LogP contribution in [0.2, 0.25) is 0 Å². The molecule has 2 heterocycles. The Morgan fingerprint density at radius 1 is 0.429 bits per heavy atom. The summed E-state index contributed by atoms with van der Waals surface area (Å²) in [5.74, 6) is 0. The highest BCUT2D eigenvalue weighted by atomic mass is 16.3. The Kier molecular flexibility index (Phi) is 2.08. The topological polar surface area (TPSA) is 26.3 Å². The molecule has 7 aromatic carbocycles. The maximum absolute atomic E-state index is 9.80. The summed E-state index contributed by atoms with van der Waals surface area (Å²) in [4.78, 5) is 0. The van der Waals surface area contributed by atoms with Crippen molar-refractivity contribution in [3.63, 3.8) is 0 Å². The summed E-state index contributed by atoms with van der Waals surface area (Å²) in [7, 11) is 0. The van der Waals surface area contributed by atoms with Crippen LogP contribution in [0.3, 0.4) is 0 Å². The number of fused-ring (bicyclic) bond motifs is 7. The third kappa shape index (κ3) is 3.33. The summed E-state index contributed by atoms with van der Waals surface area (Å²) in [6.07, 6.45) is -0.816. The van der Waals surface area contributed by atoms with Crippen LogP contribution in [-0.2, 0) is 0 Å². The second kappa shape index (κ2) is 8.95. The summed E-state index contributed by atoms with van der Waals surface area (Å²) >= 11 is 0. The van der Waals surface area contributed by atoms with Crippen LogP contribution in [-0.4, -0.2) is 0 Å². The van der Waals surface area contributed by atoms with Gasteiger partial charge in [0.25, 0.3) is 0 Å². The lowest BCUT2D eigenvalue weighted by Crippen LogP contribution is -1.90. The lowest BCUT2D eigenvalue weighted by atomic mass is 9.86. The number of hydrogen-bond acceptors (Lipinski definition) is 2. The number of hydrogen-bond donors (Lipinski definition) is 0. The second-order valence-corrected chi connectivity index (χ2v) is 9.04. The van der Waals surface area contributed by atoms with Crippen molar-refractivity contribution in [2.45, 2.75) is 0 Å². The van der Waals surface area contributed by atoms with E-state index in [9.17, 15) is 9.60 Å². The maximum Gasteiger partial charge on any atom is 0.147 e. The number of rotatable bonds is 3. The molecule has 0 aliphatic carbocycles. The molecule has 0 amide bonds. The van der Waals surface area contributed by atoms with Crippen molar-refractivity contribution >= 4 is 54.5 Å². The molecule has 0 N–H and O–H groups in total. The molecule has 0 aliphatic heterocycles. The van der Waals surface area contributed by atoms with Gasteiger partial charge in [0.15, 0.2) is 0 Å². The summed E-state index contributed by atoms with van der Waals surface area (Å²) in [6.45, 7) is 0. The van der Waals surface area contributed by atoms with Crippen LogP contribution < -0.4 is 0 Å². The van der Waals surface area contributed by atoms with Crippen LogP contribution in [0.15, 0.2) is 154 Å². The molecular weight excluding hydrogens is 512 g/mol. The summed E-state index contributed by atoms with van der Waals surface area (Å²) < 4.78 is 224. The predicted molar refractivity (Wildman–Crippen MR) is 175 cm³/mol. The van der Waals surface area contributed by atoms with Crippen molar-refractivity contribution in [3.8, 4) is 33.4 Å². The minimum absolute atomic E-state index is 0.375. The first-order chi connectivity index (χ1) is 30.8. The van der Waals surface area contributed by atoms with Gasteiger partial charge in [0.2, 0.25) is 0 Å². The molecule has 2 nitrogen and oxygen atoms in total. The zero-order valence-corrected chi connectivity index (χ0v) is 20.8. The van der Waals surface area contributed by atoms with Crippen molar-refractivity contribution in [2.24, 2.45) is 0 Å². The van der Waals surface area contributed by atoms with Crippen molar-refractivity contribution in [3.05, 3.63) is 145 Å². The maximum atomic E-state index is 9.80. The van der Waals surface area contributed by atoms with Crippen molar-refractivity contribution in [1.82, 2.24) is 0 Å². The minimum atomic E-state index is -0.933. The minimum Gasteiger partial charge on any atom is -0.464 e. The Hall–Kier alpha value is -5.60. The normalized spacial score (nSPS) is 19.8. The Morgan fingerprint density at radius 3 is 1.62 bits per heavy atom. The molecule has 0 spiro atoms. The van der Waals surface area contributed by atoms with E-state index in [0.717, 1.165) is 0 Å². The highest BCUT2D eigenvalue weighted by molar-refractivity contribution is 6.23. The van der Waals surface area contributed by atoms with Gasteiger partial charge >= 0.3 is 0 Å². The average molecular weight is 561 g/mol. The largest absolute Gasteiger partial charge is 0.464 e. The third-order valence-corrected chi connectivity index (χ3v) is 6.84. The zero-order chi connectivity index (χ0) is 48.5. The van der Waals surface area contributed by atoms with Gasteiger partial charge in [-0.3, -0.25) is 0 Å². The van der Waals surface area contributed by atoms with Gasteiger partial charge in [0.05, 0.1) is 43.2 Å². The SMILES string of the molecule is [2H]c1oc2c([2H])c([2H])c3c(oc4c([2H])c([2H])c(-c5c6c([2H])c([2H])c([2H])c([2H])c6c(-c6c([2H])c([2H])c([2H])c([2H])c6[2H])c6c([2H])c([2H])c([2H])c([2H])c56)c([2H])c43)c2c1-c1c([2H])c([2H])c([2H])c([2H])c1[2H]. The van der Waals surface area contributed by atoms with E-state index in [1.807, 2.05) is 0 Å². The fourth-order valence-corrected chi connectivity index (χ4v) is 5.13. The van der Waals surface area contributed by atoms with E-state index in [1.165, 1.54) is 0 Å². The van der Waals surface area contributed by atoms with E-state index >= 15 is 0 Å². The molecule has 0 saturated carbocycles. The second-order valence-electron chi connectivity index (χ2n) is 9.04. The summed E-state index contributed by atoms with van der Waals surface area (Å²) in [5, 5.41) is -3.92. The van der Waals surface area contributed by atoms with E-state index in [2.05, 4.69) is 0 Å². The first kappa shape index (κ1) is 9.75. The first-order valence-electron chi connectivity index (χ1n) is 24.3. The standard InChI is InChI=1S/C40H24O2/c1-3-11-25(12-4-1)34-24-41-36-22-20-32-33-23-27(19-21-35(33)42-40(32)39(34)36)38-30-17-9-7-15-28(30)37(26-13-5-2-6-14-26)29-16-8-10-18-31(29)38/h1-24H/i1D,2D,3D,4D,5D,6D,7D,8D,9D,10D,11D,12D,13D,14D,15D,16D,17D,18D,19D,20D,21D,22D,23D,24D. The van der Waals surface area contributed by atoms with Crippen molar-refractivity contribution in [1.29, 1.82) is 0 Å². The molecule has 0 fully saturated rings. The molecule has 0 saturated heterocycles. The molecular formula is C40H24O2. The highest BCUT2D eigenvalue weighted by Gasteiger charge is 2.20. The molecule has 0 aliphatic rings. The smallest absolute Gasteiger partial charge is 0.147 e. The Bertz CT molecular complexity index is 3670. The van der Waals surface area contributed by atoms with Gasteiger partial charge in [-0.05, 0) is 73.5 Å². The third-order valence-electron chi connectivity index (χ3n) is 6.84. The fraction of sp³-hybridized carbons (Fsp3) is 0. The average Bonchev–Trinajstić information content (AvgIpc) is 3.85. The molecule has 9 aromatic rings. The van der Waals surface area contributed by atoms with Crippen LogP contribution in [0.25, 0.3) is 87.8 Å². The highest BCUT2D eigenvalue weighted by Crippen LogP contribution is 2.45. The summed E-state index contributed by atoms with van der Waals surface area (Å²) in [6, 6.07) is -19.9. The molecule has 2 aromatic heterocycles. The van der Waals surface area contributed by atoms with Crippen LogP contribution in [0.1, 0.15) is 32.9 Å². The molecule has 0 unspecified atom stereocenters. The van der Waals surface area contributed by atoms with Gasteiger partial charge < -0.3 is 8.83 Å². The Labute approximate surface area is 275 Å². The molecule has 196 valence electrons. The van der Waals surface area contributed by atoms with Gasteiger partial charge in [-0.2, -0.15) is 0 Å². The van der Waals surface area contributed by atoms with E-state index in [4.69, 9.17) is 32.1 Å². The van der Waals surface area contributed by atoms with Crippen LogP contribution in [0.5, 0.6) is 0 Å². The Balaban J connectivity index is 1.58. The van der Waals surface area contributed by atoms with Crippen LogP contribution in [0, 0.1) is 0 Å². The van der Waals surface area contributed by atoms with Gasteiger partial charge in [-0.15, -0.1) is 0 Å². The molecule has 0 bridgehead atoms. The zero-order valence-electron chi connectivity index (χ0n) is 44.8. The molecule has 0 atom stereocenters. The molecule has 0 radical (unpaired) electrons. The lowest BCUT2D eigenvalue weighted by molar-refractivity contribution is 0.616. The molecule has 9 rings (SSSR count). The van der Waals surface area contributed by atoms with Crippen LogP contribution in [0.4, 0.5) is 0 Å². The number of benzene rings is 7. The number of furan rings is 2. The van der Waals surface area contributed by atoms with Gasteiger partial charge in [-0.1, -0.05) is 115 Å². The van der Waals surface area contributed by atoms with Crippen molar-refractivity contribution < 1.29 is 41.7 Å². The van der Waals surface area contributed by atoms with Gasteiger partial charge in [0.1, 0.15) is 18.1 Å². The molecule has 2 heteroatoms. The van der Waals surface area contributed by atoms with E-state index < -0.39 is 228 Å². The van der Waals surface area contributed by atoms with E-state index in [-0.39, 0.29) is 5.39 Å². The summed E-state index contributed by atoms with van der Waals surface area (Å²) in [5.41, 5.74) is -5.34. The van der Waals surface area contributed by atoms with E-state index in [0.29, 0.717) is 0 Å². The Morgan fingerprint density at radius 2 is 0.976 bits per heavy atom. The quantitative estimate of drug-likeness (QED) is 0.201. The van der Waals surface area contributed by atoms with Gasteiger partial charge in [0, 0.05) is 16.3 Å². The van der Waals surface area contributed by atoms with Crippen molar-refractivity contribution in [2.75, 3.05) is 0 Å². The van der Waals surface area contributed by atoms with Crippen LogP contribution >= 0.6 is 0 Å². The van der Waals surface area contributed by atoms with E-state index in [1.54, 1.807) is 0 Å².